The zero-order valence-electron chi connectivity index (χ0n) is 14.6. The largest absolute Gasteiger partial charge is 0.456 e. The lowest BCUT2D eigenvalue weighted by atomic mass is 10.2. The predicted octanol–water partition coefficient (Wildman–Crippen LogP) is 4.02. The summed E-state index contributed by atoms with van der Waals surface area (Å²) in [4.78, 5) is 27.9. The molecule has 0 radical (unpaired) electrons. The molecule has 1 aromatic carbocycles. The van der Waals surface area contributed by atoms with E-state index in [0.717, 1.165) is 28.5 Å². The molecule has 1 atom stereocenters. The summed E-state index contributed by atoms with van der Waals surface area (Å²) in [5.74, 6) is 0.232. The van der Waals surface area contributed by atoms with Crippen molar-refractivity contribution >= 4 is 45.2 Å². The second kappa shape index (κ2) is 10.4. The number of aromatic nitrogens is 1. The molecule has 5 nitrogen and oxygen atoms in total. The second-order valence-corrected chi connectivity index (χ2v) is 8.19. The summed E-state index contributed by atoms with van der Waals surface area (Å²) in [5.41, 5.74) is 1.01. The molecular weight excluding hydrogens is 356 g/mol. The van der Waals surface area contributed by atoms with Gasteiger partial charge in [-0.2, -0.15) is 0 Å². The van der Waals surface area contributed by atoms with E-state index in [2.05, 4.69) is 23.3 Å². The number of fused-ring (bicyclic) bond motifs is 1. The molecule has 0 aliphatic heterocycles. The van der Waals surface area contributed by atoms with Crippen molar-refractivity contribution in [1.82, 2.24) is 10.3 Å². The van der Waals surface area contributed by atoms with Gasteiger partial charge < -0.3 is 10.1 Å². The third kappa shape index (κ3) is 7.04. The van der Waals surface area contributed by atoms with Crippen LogP contribution in [0.3, 0.4) is 0 Å². The monoisotopic (exact) mass is 380 g/mol. The normalized spacial score (nSPS) is 12.1. The lowest BCUT2D eigenvalue weighted by molar-refractivity contribution is -0.148. The zero-order chi connectivity index (χ0) is 18.1. The number of carbonyl (C=O) groups excluding carboxylic acids is 2. The molecular formula is C18H24N2O3S2. The number of carbonyl (C=O) groups is 2. The molecule has 136 valence electrons. The Kier molecular flexibility index (Phi) is 8.21. The number of hydrogen-bond acceptors (Lipinski definition) is 6. The van der Waals surface area contributed by atoms with Crippen molar-refractivity contribution in [3.63, 3.8) is 0 Å². The number of hydrogen-bond donors (Lipinski definition) is 1. The van der Waals surface area contributed by atoms with Crippen LogP contribution in [0, 0.1) is 0 Å². The van der Waals surface area contributed by atoms with E-state index in [4.69, 9.17) is 4.74 Å². The minimum absolute atomic E-state index is 0.112. The molecule has 1 amide bonds. The lowest BCUT2D eigenvalue weighted by Gasteiger charge is -2.12. The van der Waals surface area contributed by atoms with Crippen LogP contribution in [0.1, 0.15) is 39.5 Å². The molecule has 0 aliphatic carbocycles. The number of nitrogens with zero attached hydrogens (tertiary/aromatic N) is 1. The molecule has 0 aliphatic rings. The molecule has 1 heterocycles. The highest BCUT2D eigenvalue weighted by molar-refractivity contribution is 8.01. The second-order valence-electron chi connectivity index (χ2n) is 5.82. The van der Waals surface area contributed by atoms with E-state index < -0.39 is 0 Å². The van der Waals surface area contributed by atoms with Gasteiger partial charge in [0.1, 0.15) is 0 Å². The van der Waals surface area contributed by atoms with Crippen LogP contribution < -0.4 is 5.32 Å². The average molecular weight is 381 g/mol. The average Bonchev–Trinajstić information content (AvgIpc) is 3.00. The molecule has 0 saturated heterocycles. The number of thiazole rings is 1. The first-order valence-corrected chi connectivity index (χ1v) is 10.3. The number of para-hydroxylation sites is 1. The first-order valence-electron chi connectivity index (χ1n) is 8.52. The Hall–Kier alpha value is -1.60. The summed E-state index contributed by atoms with van der Waals surface area (Å²) < 4.78 is 7.20. The summed E-state index contributed by atoms with van der Waals surface area (Å²) in [6.45, 7) is 3.81. The number of nitrogens with one attached hydrogen (secondary N) is 1. The summed E-state index contributed by atoms with van der Waals surface area (Å²) in [5, 5.41) is 2.81. The van der Waals surface area contributed by atoms with Crippen molar-refractivity contribution in [2.75, 3.05) is 12.4 Å². The van der Waals surface area contributed by atoms with Gasteiger partial charge in [0.15, 0.2) is 10.9 Å². The third-order valence-corrected chi connectivity index (χ3v) is 5.78. The Bertz CT molecular complexity index is 669. The first-order chi connectivity index (χ1) is 12.1. The van der Waals surface area contributed by atoms with Gasteiger partial charge in [0, 0.05) is 18.2 Å². The molecule has 0 spiro atoms. The van der Waals surface area contributed by atoms with E-state index >= 15 is 0 Å². The van der Waals surface area contributed by atoms with E-state index in [0.29, 0.717) is 12.8 Å². The third-order valence-electron chi connectivity index (χ3n) is 3.52. The maximum Gasteiger partial charge on any atom is 0.306 e. The van der Waals surface area contributed by atoms with Crippen LogP contribution in [0.5, 0.6) is 0 Å². The standard InChI is InChI=1S/C18H24N2O3S2/c1-3-7-13(2)19-16(21)12-23-17(22)10-6-11-24-18-20-14-8-4-5-9-15(14)25-18/h4-5,8-9,13H,3,6-7,10-12H2,1-2H3,(H,19,21)/t13-/m1/s1. The van der Waals surface area contributed by atoms with Crippen molar-refractivity contribution in [1.29, 1.82) is 0 Å². The van der Waals surface area contributed by atoms with Gasteiger partial charge in [-0.3, -0.25) is 9.59 Å². The quantitative estimate of drug-likeness (QED) is 0.383. The number of rotatable bonds is 10. The summed E-state index contributed by atoms with van der Waals surface area (Å²) >= 11 is 3.31. The summed E-state index contributed by atoms with van der Waals surface area (Å²) in [6.07, 6.45) is 2.94. The highest BCUT2D eigenvalue weighted by atomic mass is 32.2. The molecule has 0 unspecified atom stereocenters. The predicted molar refractivity (Wildman–Crippen MR) is 103 cm³/mol. The topological polar surface area (TPSA) is 68.3 Å². The minimum Gasteiger partial charge on any atom is -0.456 e. The number of thioether (sulfide) groups is 1. The fraction of sp³-hybridized carbons (Fsp3) is 0.500. The minimum atomic E-state index is -0.330. The van der Waals surface area contributed by atoms with Crippen molar-refractivity contribution in [2.24, 2.45) is 0 Å². The Morgan fingerprint density at radius 1 is 1.36 bits per heavy atom. The van der Waals surface area contributed by atoms with Gasteiger partial charge in [0.2, 0.25) is 0 Å². The molecule has 0 bridgehead atoms. The van der Waals surface area contributed by atoms with Crippen LogP contribution in [0.2, 0.25) is 0 Å². The van der Waals surface area contributed by atoms with E-state index in [1.54, 1.807) is 23.1 Å². The number of esters is 1. The van der Waals surface area contributed by atoms with Gasteiger partial charge in [0.25, 0.3) is 5.91 Å². The van der Waals surface area contributed by atoms with Crippen molar-refractivity contribution in [2.45, 2.75) is 49.9 Å². The number of benzene rings is 1. The number of ether oxygens (including phenoxy) is 1. The molecule has 2 aromatic rings. The molecule has 7 heteroatoms. The maximum atomic E-state index is 11.7. The highest BCUT2D eigenvalue weighted by Gasteiger charge is 2.10. The Morgan fingerprint density at radius 2 is 2.16 bits per heavy atom. The van der Waals surface area contributed by atoms with Crippen LogP contribution in [0.15, 0.2) is 28.6 Å². The van der Waals surface area contributed by atoms with E-state index in [-0.39, 0.29) is 24.5 Å². The summed E-state index contributed by atoms with van der Waals surface area (Å²) in [7, 11) is 0. The van der Waals surface area contributed by atoms with Crippen LogP contribution in [0.4, 0.5) is 0 Å². The van der Waals surface area contributed by atoms with Gasteiger partial charge in [-0.15, -0.1) is 11.3 Å². The van der Waals surface area contributed by atoms with E-state index in [1.807, 2.05) is 25.1 Å². The molecule has 1 N–H and O–H groups in total. The molecule has 0 saturated carbocycles. The van der Waals surface area contributed by atoms with Crippen LogP contribution in [-0.4, -0.2) is 35.3 Å². The zero-order valence-corrected chi connectivity index (χ0v) is 16.3. The fourth-order valence-electron chi connectivity index (χ4n) is 2.33. The van der Waals surface area contributed by atoms with Crippen molar-refractivity contribution < 1.29 is 14.3 Å². The maximum absolute atomic E-state index is 11.7. The van der Waals surface area contributed by atoms with Gasteiger partial charge in [-0.25, -0.2) is 4.98 Å². The molecule has 0 fully saturated rings. The number of amides is 1. The molecule has 25 heavy (non-hydrogen) atoms. The Morgan fingerprint density at radius 3 is 2.92 bits per heavy atom. The van der Waals surface area contributed by atoms with Gasteiger partial charge in [0.05, 0.1) is 10.2 Å². The lowest BCUT2D eigenvalue weighted by Crippen LogP contribution is -2.35. The van der Waals surface area contributed by atoms with E-state index in [9.17, 15) is 9.59 Å². The van der Waals surface area contributed by atoms with E-state index in [1.165, 1.54) is 4.70 Å². The van der Waals surface area contributed by atoms with Crippen molar-refractivity contribution in [3.8, 4) is 0 Å². The van der Waals surface area contributed by atoms with Crippen LogP contribution in [0.25, 0.3) is 10.2 Å². The SMILES string of the molecule is CCC[C@@H](C)NC(=O)COC(=O)CCCSc1nc2ccccc2s1. The van der Waals surface area contributed by atoms with Gasteiger partial charge in [-0.05, 0) is 31.9 Å². The Labute approximate surface area is 156 Å². The molecule has 2 rings (SSSR count). The highest BCUT2D eigenvalue weighted by Crippen LogP contribution is 2.29. The first kappa shape index (κ1) is 19.7. The van der Waals surface area contributed by atoms with Gasteiger partial charge >= 0.3 is 5.97 Å². The summed E-state index contributed by atoms with van der Waals surface area (Å²) in [6, 6.07) is 8.15. The molecule has 1 aromatic heterocycles. The smallest absolute Gasteiger partial charge is 0.306 e. The fourth-order valence-corrected chi connectivity index (χ4v) is 4.41. The van der Waals surface area contributed by atoms with Crippen LogP contribution in [-0.2, 0) is 14.3 Å². The van der Waals surface area contributed by atoms with Crippen molar-refractivity contribution in [3.05, 3.63) is 24.3 Å². The Balaban J connectivity index is 1.59. The van der Waals surface area contributed by atoms with Gasteiger partial charge in [-0.1, -0.05) is 37.2 Å². The van der Waals surface area contributed by atoms with Crippen LogP contribution >= 0.6 is 23.1 Å².